The number of nitrogens with one attached hydrogen (secondary N) is 1. The van der Waals surface area contributed by atoms with Crippen LogP contribution in [0.25, 0.3) is 0 Å². The van der Waals surface area contributed by atoms with E-state index in [0.717, 1.165) is 25.8 Å². The van der Waals surface area contributed by atoms with E-state index in [1.807, 2.05) is 7.11 Å². The predicted molar refractivity (Wildman–Crippen MR) is 71.2 cm³/mol. The second-order valence-electron chi connectivity index (χ2n) is 5.47. The summed E-state index contributed by atoms with van der Waals surface area (Å²) >= 11 is 0. The maximum Gasteiger partial charge on any atom is 0.0586 e. The Morgan fingerprint density at radius 1 is 1.29 bits per heavy atom. The Hall–Kier alpha value is -0.120. The van der Waals surface area contributed by atoms with Crippen molar-refractivity contribution in [1.82, 2.24) is 5.32 Å². The molecule has 1 fully saturated rings. The van der Waals surface area contributed by atoms with E-state index in [0.29, 0.717) is 12.1 Å². The third kappa shape index (κ3) is 4.23. The van der Waals surface area contributed by atoms with E-state index < -0.39 is 0 Å². The molecule has 2 atom stereocenters. The zero-order valence-electron chi connectivity index (χ0n) is 11.7. The Morgan fingerprint density at radius 2 is 2.00 bits per heavy atom. The minimum Gasteiger partial charge on any atom is -0.396 e. The van der Waals surface area contributed by atoms with Crippen molar-refractivity contribution >= 4 is 0 Å². The quantitative estimate of drug-likeness (QED) is 0.721. The summed E-state index contributed by atoms with van der Waals surface area (Å²) in [4.78, 5) is 0. The maximum absolute atomic E-state index is 9.54. The number of methoxy groups -OCH3 is 1. The lowest BCUT2D eigenvalue weighted by atomic mass is 9.82. The first-order valence-corrected chi connectivity index (χ1v) is 7.06. The van der Waals surface area contributed by atoms with Crippen LogP contribution in [0.15, 0.2) is 0 Å². The summed E-state index contributed by atoms with van der Waals surface area (Å²) in [6.45, 7) is 5.55. The van der Waals surface area contributed by atoms with Crippen LogP contribution < -0.4 is 5.32 Å². The van der Waals surface area contributed by atoms with Gasteiger partial charge in [-0.05, 0) is 38.5 Å². The molecule has 3 heteroatoms. The summed E-state index contributed by atoms with van der Waals surface area (Å²) in [7, 11) is 1.81. The van der Waals surface area contributed by atoms with Crippen LogP contribution in [-0.4, -0.2) is 37.5 Å². The zero-order valence-corrected chi connectivity index (χ0v) is 11.7. The molecule has 1 aliphatic rings. The van der Waals surface area contributed by atoms with Gasteiger partial charge in [0.05, 0.1) is 6.10 Å². The number of aliphatic hydroxyl groups is 1. The number of hydrogen-bond acceptors (Lipinski definition) is 3. The summed E-state index contributed by atoms with van der Waals surface area (Å²) in [6.07, 6.45) is 7.30. The molecule has 102 valence electrons. The van der Waals surface area contributed by atoms with E-state index >= 15 is 0 Å². The van der Waals surface area contributed by atoms with Gasteiger partial charge >= 0.3 is 0 Å². The molecule has 0 aromatic rings. The number of ether oxygens (including phenoxy) is 1. The van der Waals surface area contributed by atoms with Gasteiger partial charge in [-0.3, -0.25) is 0 Å². The Bertz CT molecular complexity index is 196. The molecule has 0 radical (unpaired) electrons. The van der Waals surface area contributed by atoms with Crippen molar-refractivity contribution in [3.8, 4) is 0 Å². The average Bonchev–Trinajstić information content (AvgIpc) is 2.41. The molecular formula is C14H29NO2. The highest BCUT2D eigenvalue weighted by Gasteiger charge is 2.28. The van der Waals surface area contributed by atoms with Gasteiger partial charge in [0.2, 0.25) is 0 Å². The highest BCUT2D eigenvalue weighted by atomic mass is 16.5. The van der Waals surface area contributed by atoms with E-state index in [9.17, 15) is 5.11 Å². The Labute approximate surface area is 106 Å². The topological polar surface area (TPSA) is 41.5 Å². The van der Waals surface area contributed by atoms with E-state index in [2.05, 4.69) is 19.2 Å². The van der Waals surface area contributed by atoms with E-state index in [1.165, 1.54) is 19.3 Å². The number of hydrogen-bond donors (Lipinski definition) is 2. The van der Waals surface area contributed by atoms with Crippen molar-refractivity contribution in [3.63, 3.8) is 0 Å². The van der Waals surface area contributed by atoms with Crippen LogP contribution in [0.1, 0.15) is 52.4 Å². The highest BCUT2D eigenvalue weighted by Crippen LogP contribution is 2.26. The third-order valence-corrected chi connectivity index (χ3v) is 4.56. The van der Waals surface area contributed by atoms with Crippen molar-refractivity contribution in [2.75, 3.05) is 20.3 Å². The van der Waals surface area contributed by atoms with Crippen molar-refractivity contribution in [2.24, 2.45) is 5.41 Å². The molecule has 17 heavy (non-hydrogen) atoms. The third-order valence-electron chi connectivity index (χ3n) is 4.56. The molecule has 0 aromatic carbocycles. The van der Waals surface area contributed by atoms with Crippen molar-refractivity contribution in [2.45, 2.75) is 64.5 Å². The minimum absolute atomic E-state index is 0.0695. The van der Waals surface area contributed by atoms with E-state index in [-0.39, 0.29) is 12.0 Å². The summed E-state index contributed by atoms with van der Waals surface area (Å²) in [5, 5.41) is 13.2. The van der Waals surface area contributed by atoms with Gasteiger partial charge in [-0.1, -0.05) is 13.8 Å². The molecule has 0 amide bonds. The highest BCUT2D eigenvalue weighted by molar-refractivity contribution is 4.83. The molecule has 1 rings (SSSR count). The molecule has 1 aliphatic carbocycles. The van der Waals surface area contributed by atoms with Gasteiger partial charge in [0.1, 0.15) is 0 Å². The first kappa shape index (κ1) is 14.9. The fourth-order valence-corrected chi connectivity index (χ4v) is 2.68. The van der Waals surface area contributed by atoms with Gasteiger partial charge in [-0.2, -0.15) is 0 Å². The Morgan fingerprint density at radius 3 is 2.53 bits per heavy atom. The maximum atomic E-state index is 9.54. The van der Waals surface area contributed by atoms with E-state index in [4.69, 9.17) is 4.74 Å². The molecule has 0 bridgehead atoms. The van der Waals surface area contributed by atoms with Gasteiger partial charge in [0.15, 0.2) is 0 Å². The molecule has 0 aliphatic heterocycles. The molecule has 3 nitrogen and oxygen atoms in total. The van der Waals surface area contributed by atoms with Gasteiger partial charge in [-0.15, -0.1) is 0 Å². The molecule has 0 aromatic heterocycles. The van der Waals surface area contributed by atoms with Crippen LogP contribution in [0.5, 0.6) is 0 Å². The van der Waals surface area contributed by atoms with Gasteiger partial charge < -0.3 is 15.2 Å². The van der Waals surface area contributed by atoms with Crippen molar-refractivity contribution in [1.29, 1.82) is 0 Å². The van der Waals surface area contributed by atoms with Crippen molar-refractivity contribution < 1.29 is 9.84 Å². The summed E-state index contributed by atoms with van der Waals surface area (Å²) < 4.78 is 5.44. The lowest BCUT2D eigenvalue weighted by molar-refractivity contribution is 0.0519. The second-order valence-corrected chi connectivity index (χ2v) is 5.47. The fourth-order valence-electron chi connectivity index (χ4n) is 2.68. The van der Waals surface area contributed by atoms with Gasteiger partial charge in [0, 0.05) is 31.7 Å². The smallest absolute Gasteiger partial charge is 0.0586 e. The predicted octanol–water partition coefficient (Wildman–Crippen LogP) is 2.33. The number of rotatable bonds is 7. The average molecular weight is 243 g/mol. The van der Waals surface area contributed by atoms with Gasteiger partial charge in [0.25, 0.3) is 0 Å². The van der Waals surface area contributed by atoms with Crippen LogP contribution in [0, 0.1) is 5.41 Å². The lowest BCUT2D eigenvalue weighted by Crippen LogP contribution is -2.44. The molecule has 1 saturated carbocycles. The summed E-state index contributed by atoms with van der Waals surface area (Å²) in [5.41, 5.74) is 0.0695. The molecule has 0 spiro atoms. The fraction of sp³-hybridized carbons (Fsp3) is 1.00. The molecule has 0 saturated heterocycles. The standard InChI is InChI=1S/C14H29NO2/c1-4-14(5-2,11-16)10-15-12-7-6-8-13(9-12)17-3/h12-13,15-16H,4-11H2,1-3H3. The van der Waals surface area contributed by atoms with E-state index in [1.54, 1.807) is 0 Å². The second kappa shape index (κ2) is 7.34. The van der Waals surface area contributed by atoms with Crippen molar-refractivity contribution in [3.05, 3.63) is 0 Å². The van der Waals surface area contributed by atoms with Crippen LogP contribution in [0.4, 0.5) is 0 Å². The van der Waals surface area contributed by atoms with Crippen LogP contribution in [0.3, 0.4) is 0 Å². The largest absolute Gasteiger partial charge is 0.396 e. The van der Waals surface area contributed by atoms with Crippen LogP contribution in [-0.2, 0) is 4.74 Å². The first-order valence-electron chi connectivity index (χ1n) is 7.06. The molecule has 2 N–H and O–H groups in total. The summed E-state index contributed by atoms with van der Waals surface area (Å²) in [5.74, 6) is 0. The molecular weight excluding hydrogens is 214 g/mol. The summed E-state index contributed by atoms with van der Waals surface area (Å²) in [6, 6.07) is 0.567. The monoisotopic (exact) mass is 243 g/mol. The molecule has 0 heterocycles. The Balaban J connectivity index is 2.38. The lowest BCUT2D eigenvalue weighted by Gasteiger charge is -2.35. The number of aliphatic hydroxyl groups excluding tert-OH is 1. The molecule has 2 unspecified atom stereocenters. The first-order chi connectivity index (χ1) is 8.19. The SMILES string of the molecule is CCC(CC)(CO)CNC1CCCC(OC)C1. The minimum atomic E-state index is 0.0695. The zero-order chi connectivity index (χ0) is 12.7. The van der Waals surface area contributed by atoms with Crippen LogP contribution in [0.2, 0.25) is 0 Å². The normalized spacial score (nSPS) is 26.1. The van der Waals surface area contributed by atoms with Crippen LogP contribution >= 0.6 is 0 Å². The van der Waals surface area contributed by atoms with Gasteiger partial charge in [-0.25, -0.2) is 0 Å². The Kier molecular flexibility index (Phi) is 6.45.